The number of rotatable bonds is 1. The van der Waals surface area contributed by atoms with E-state index in [-0.39, 0.29) is 5.43 Å². The van der Waals surface area contributed by atoms with E-state index in [1.807, 2.05) is 30.3 Å². The molecule has 0 saturated heterocycles. The maximum absolute atomic E-state index is 12.7. The van der Waals surface area contributed by atoms with Gasteiger partial charge in [-0.05, 0) is 34.9 Å². The van der Waals surface area contributed by atoms with E-state index in [0.717, 1.165) is 15.7 Å². The Bertz CT molecular complexity index is 1120. The van der Waals surface area contributed by atoms with E-state index < -0.39 is 0 Å². The first-order valence-electron chi connectivity index (χ1n) is 6.17. The molecule has 0 radical (unpaired) electrons. The first-order chi connectivity index (χ1) is 10.3. The molecule has 6 nitrogen and oxygen atoms in total. The van der Waals surface area contributed by atoms with Crippen LogP contribution in [0.2, 0.25) is 0 Å². The van der Waals surface area contributed by atoms with Gasteiger partial charge in [-0.1, -0.05) is 12.1 Å². The Kier molecular flexibility index (Phi) is 2.44. The monoisotopic (exact) mass is 293 g/mol. The van der Waals surface area contributed by atoms with Gasteiger partial charge in [0.15, 0.2) is 10.6 Å². The number of nitrogens with zero attached hydrogens (tertiary/aromatic N) is 4. The standard InChI is InChI=1S/C14H7N5OS/c15-19-18-14-17-10-6-5-9-11(13(10)21-14)12(20)7-3-1-2-4-8(7)16-9/h1-6H,(H,16,20). The fourth-order valence-corrected chi connectivity index (χ4v) is 3.39. The molecule has 7 heteroatoms. The van der Waals surface area contributed by atoms with Crippen molar-refractivity contribution in [3.05, 3.63) is 57.1 Å². The quantitative estimate of drug-likeness (QED) is 0.246. The molecular formula is C14H7N5OS. The highest BCUT2D eigenvalue weighted by Crippen LogP contribution is 2.32. The lowest BCUT2D eigenvalue weighted by Crippen LogP contribution is -2.03. The Morgan fingerprint density at radius 2 is 2.05 bits per heavy atom. The summed E-state index contributed by atoms with van der Waals surface area (Å²) in [5.74, 6) is 0. The number of hydrogen-bond donors (Lipinski definition) is 1. The van der Waals surface area contributed by atoms with Gasteiger partial charge in [0.05, 0.1) is 21.1 Å². The molecular weight excluding hydrogens is 286 g/mol. The second kappa shape index (κ2) is 4.31. The highest BCUT2D eigenvalue weighted by molar-refractivity contribution is 7.22. The summed E-state index contributed by atoms with van der Waals surface area (Å²) in [6.07, 6.45) is 0. The van der Waals surface area contributed by atoms with Crippen molar-refractivity contribution in [1.29, 1.82) is 0 Å². The van der Waals surface area contributed by atoms with Crippen LogP contribution in [0.5, 0.6) is 0 Å². The van der Waals surface area contributed by atoms with Crippen LogP contribution in [0.4, 0.5) is 5.13 Å². The van der Waals surface area contributed by atoms with E-state index in [1.165, 1.54) is 11.3 Å². The van der Waals surface area contributed by atoms with Crippen LogP contribution in [0.15, 0.2) is 46.3 Å². The molecule has 1 N–H and O–H groups in total. The third-order valence-electron chi connectivity index (χ3n) is 3.34. The van der Waals surface area contributed by atoms with Crippen LogP contribution in [0.25, 0.3) is 42.5 Å². The molecule has 0 spiro atoms. The lowest BCUT2D eigenvalue weighted by atomic mass is 10.1. The number of thiazole rings is 1. The van der Waals surface area contributed by atoms with Crippen LogP contribution in [-0.2, 0) is 0 Å². The average Bonchev–Trinajstić information content (AvgIpc) is 2.90. The summed E-state index contributed by atoms with van der Waals surface area (Å²) < 4.78 is 0.738. The first kappa shape index (κ1) is 11.9. The minimum Gasteiger partial charge on any atom is -0.354 e. The highest BCUT2D eigenvalue weighted by Gasteiger charge is 2.12. The molecule has 0 aliphatic rings. The minimum absolute atomic E-state index is 0.0407. The number of fused-ring (bicyclic) bond motifs is 4. The van der Waals surface area contributed by atoms with Crippen molar-refractivity contribution in [2.45, 2.75) is 0 Å². The van der Waals surface area contributed by atoms with Crippen molar-refractivity contribution in [1.82, 2.24) is 9.97 Å². The van der Waals surface area contributed by atoms with Gasteiger partial charge in [0.25, 0.3) is 0 Å². The molecule has 2 aromatic carbocycles. The molecule has 4 rings (SSSR count). The molecule has 100 valence electrons. The Morgan fingerprint density at radius 3 is 2.90 bits per heavy atom. The summed E-state index contributed by atoms with van der Waals surface area (Å²) in [5.41, 5.74) is 10.7. The number of hydrogen-bond acceptors (Lipinski definition) is 4. The Labute approximate surface area is 121 Å². The van der Waals surface area contributed by atoms with Crippen LogP contribution in [-0.4, -0.2) is 9.97 Å². The Hall–Kier alpha value is -2.89. The third kappa shape index (κ3) is 1.69. The van der Waals surface area contributed by atoms with Gasteiger partial charge in [-0.3, -0.25) is 4.79 Å². The number of para-hydroxylation sites is 1. The second-order valence-electron chi connectivity index (χ2n) is 4.52. The Morgan fingerprint density at radius 1 is 1.19 bits per heavy atom. The number of pyridine rings is 1. The predicted octanol–water partition coefficient (Wildman–Crippen LogP) is 4.23. The summed E-state index contributed by atoms with van der Waals surface area (Å²) in [7, 11) is 0. The third-order valence-corrected chi connectivity index (χ3v) is 4.32. The van der Waals surface area contributed by atoms with E-state index in [0.29, 0.717) is 21.4 Å². The maximum atomic E-state index is 12.7. The van der Waals surface area contributed by atoms with Crippen LogP contribution in [0.3, 0.4) is 0 Å². The fourth-order valence-electron chi connectivity index (χ4n) is 2.46. The van der Waals surface area contributed by atoms with Crippen molar-refractivity contribution < 1.29 is 0 Å². The van der Waals surface area contributed by atoms with Crippen LogP contribution < -0.4 is 5.43 Å². The second-order valence-corrected chi connectivity index (χ2v) is 5.50. The first-order valence-corrected chi connectivity index (χ1v) is 6.99. The van der Waals surface area contributed by atoms with Gasteiger partial charge in [-0.25, -0.2) is 4.98 Å². The number of azide groups is 1. The largest absolute Gasteiger partial charge is 0.354 e. The van der Waals surface area contributed by atoms with E-state index in [2.05, 4.69) is 20.0 Å². The summed E-state index contributed by atoms with van der Waals surface area (Å²) in [5, 5.41) is 5.05. The van der Waals surface area contributed by atoms with Crippen LogP contribution >= 0.6 is 11.3 Å². The SMILES string of the molecule is [N-]=[N+]=Nc1nc2ccc3[nH]c4ccccc4c(=O)c3c2s1. The number of aromatic nitrogens is 2. The maximum Gasteiger partial charge on any atom is 0.198 e. The van der Waals surface area contributed by atoms with Gasteiger partial charge in [0.2, 0.25) is 0 Å². The topological polar surface area (TPSA) is 94.5 Å². The molecule has 0 aliphatic carbocycles. The molecule has 0 fully saturated rings. The van der Waals surface area contributed by atoms with Gasteiger partial charge in [-0.2, -0.15) is 0 Å². The van der Waals surface area contributed by atoms with Gasteiger partial charge in [0.1, 0.15) is 0 Å². The predicted molar refractivity (Wildman–Crippen MR) is 84.1 cm³/mol. The Balaban J connectivity index is 2.26. The number of aromatic amines is 1. The number of benzene rings is 2. The molecule has 0 unspecified atom stereocenters. The van der Waals surface area contributed by atoms with Crippen LogP contribution in [0.1, 0.15) is 0 Å². The van der Waals surface area contributed by atoms with Gasteiger partial charge >= 0.3 is 0 Å². The van der Waals surface area contributed by atoms with Crippen molar-refractivity contribution in [3.8, 4) is 0 Å². The van der Waals surface area contributed by atoms with Gasteiger partial charge in [-0.15, -0.1) is 11.3 Å². The van der Waals surface area contributed by atoms with Gasteiger partial charge in [0, 0.05) is 15.8 Å². The molecule has 2 heterocycles. The van der Waals surface area contributed by atoms with Crippen molar-refractivity contribution in [2.24, 2.45) is 5.11 Å². The summed E-state index contributed by atoms with van der Waals surface area (Å²) in [4.78, 5) is 22.9. The van der Waals surface area contributed by atoms with Crippen molar-refractivity contribution in [3.63, 3.8) is 0 Å². The van der Waals surface area contributed by atoms with E-state index >= 15 is 0 Å². The van der Waals surface area contributed by atoms with Crippen LogP contribution in [0, 0.1) is 0 Å². The lowest BCUT2D eigenvalue weighted by molar-refractivity contribution is 1.38. The molecule has 0 bridgehead atoms. The zero-order chi connectivity index (χ0) is 14.4. The zero-order valence-electron chi connectivity index (χ0n) is 10.6. The van der Waals surface area contributed by atoms with Gasteiger partial charge < -0.3 is 4.98 Å². The van der Waals surface area contributed by atoms with Crippen molar-refractivity contribution >= 4 is 48.5 Å². The van der Waals surface area contributed by atoms with E-state index in [1.54, 1.807) is 6.07 Å². The molecule has 0 amide bonds. The van der Waals surface area contributed by atoms with E-state index in [9.17, 15) is 4.79 Å². The summed E-state index contributed by atoms with van der Waals surface area (Å²) >= 11 is 1.22. The smallest absolute Gasteiger partial charge is 0.198 e. The summed E-state index contributed by atoms with van der Waals surface area (Å²) in [6, 6.07) is 11.0. The van der Waals surface area contributed by atoms with E-state index in [4.69, 9.17) is 5.53 Å². The molecule has 0 atom stereocenters. The lowest BCUT2D eigenvalue weighted by Gasteiger charge is -2.02. The minimum atomic E-state index is -0.0407. The fraction of sp³-hybridized carbons (Fsp3) is 0. The number of H-pyrrole nitrogens is 1. The number of nitrogens with one attached hydrogen (secondary N) is 1. The molecule has 21 heavy (non-hydrogen) atoms. The zero-order valence-corrected chi connectivity index (χ0v) is 11.4. The van der Waals surface area contributed by atoms with Crippen molar-refractivity contribution in [2.75, 3.05) is 0 Å². The highest BCUT2D eigenvalue weighted by atomic mass is 32.1. The molecule has 0 saturated carbocycles. The summed E-state index contributed by atoms with van der Waals surface area (Å²) in [6.45, 7) is 0. The average molecular weight is 293 g/mol. The molecule has 4 aromatic rings. The molecule has 0 aliphatic heterocycles. The molecule has 2 aromatic heterocycles. The normalized spacial score (nSPS) is 11.0.